The van der Waals surface area contributed by atoms with Gasteiger partial charge < -0.3 is 15.2 Å². The molecule has 0 aliphatic heterocycles. The van der Waals surface area contributed by atoms with Gasteiger partial charge in [0.05, 0.1) is 0 Å². The molecule has 0 aromatic heterocycles. The van der Waals surface area contributed by atoms with Crippen molar-refractivity contribution in [3.63, 3.8) is 0 Å². The summed E-state index contributed by atoms with van der Waals surface area (Å²) in [5, 5.41) is 14.0. The molecule has 0 spiro atoms. The molecule has 0 atom stereocenters. The lowest BCUT2D eigenvalue weighted by molar-refractivity contribution is -0.137. The van der Waals surface area contributed by atoms with Crippen molar-refractivity contribution in [1.29, 1.82) is 0 Å². The molecule has 0 fully saturated rings. The topological polar surface area (TPSA) is 105 Å². The highest BCUT2D eigenvalue weighted by Gasteiger charge is 2.28. The van der Waals surface area contributed by atoms with Gasteiger partial charge in [-0.3, -0.25) is 14.9 Å². The summed E-state index contributed by atoms with van der Waals surface area (Å²) in [7, 11) is 0. The largest absolute Gasteiger partial charge is 0.481 e. The van der Waals surface area contributed by atoms with Gasteiger partial charge in [-0.1, -0.05) is 60.7 Å². The Bertz CT molecular complexity index is 1220. The molecule has 2 amide bonds. The first-order valence-electron chi connectivity index (χ1n) is 11.4. The average molecular weight is 471 g/mol. The molecule has 1 aliphatic carbocycles. The Hall–Kier alpha value is -4.39. The van der Waals surface area contributed by atoms with Gasteiger partial charge in [0.1, 0.15) is 6.61 Å². The summed E-state index contributed by atoms with van der Waals surface area (Å²) in [6.07, 6.45) is 2.81. The van der Waals surface area contributed by atoms with Crippen molar-refractivity contribution < 1.29 is 24.2 Å². The number of carboxylic acid groups (broad SMARTS) is 1. The zero-order chi connectivity index (χ0) is 24.6. The van der Waals surface area contributed by atoms with E-state index in [0.29, 0.717) is 18.7 Å². The summed E-state index contributed by atoms with van der Waals surface area (Å²) in [5.41, 5.74) is 5.91. The fraction of sp³-hybridized carbons (Fsp3) is 0.179. The van der Waals surface area contributed by atoms with Crippen LogP contribution in [0.4, 0.5) is 10.5 Å². The molecule has 7 heteroatoms. The molecular formula is C28H26N2O5. The van der Waals surface area contributed by atoms with Crippen molar-refractivity contribution in [1.82, 2.24) is 5.32 Å². The Morgan fingerprint density at radius 3 is 2.29 bits per heavy atom. The Kier molecular flexibility index (Phi) is 7.57. The van der Waals surface area contributed by atoms with Crippen LogP contribution in [0.2, 0.25) is 0 Å². The number of ether oxygens (including phenoxy) is 1. The van der Waals surface area contributed by atoms with Crippen molar-refractivity contribution in [2.45, 2.75) is 18.8 Å². The minimum absolute atomic E-state index is 0.00752. The lowest BCUT2D eigenvalue weighted by Crippen LogP contribution is -2.22. The van der Waals surface area contributed by atoms with Crippen LogP contribution in [0.5, 0.6) is 0 Å². The van der Waals surface area contributed by atoms with Gasteiger partial charge in [0.25, 0.3) is 0 Å². The third kappa shape index (κ3) is 6.14. The summed E-state index contributed by atoms with van der Waals surface area (Å²) in [6.45, 7) is 0.514. The molecule has 0 unspecified atom stereocenters. The Morgan fingerprint density at radius 2 is 1.60 bits per heavy atom. The highest BCUT2D eigenvalue weighted by atomic mass is 16.5. The second kappa shape index (κ2) is 11.2. The van der Waals surface area contributed by atoms with Crippen LogP contribution in [0.15, 0.2) is 78.9 Å². The van der Waals surface area contributed by atoms with Gasteiger partial charge >= 0.3 is 12.1 Å². The van der Waals surface area contributed by atoms with E-state index in [0.717, 1.165) is 16.7 Å². The summed E-state index contributed by atoms with van der Waals surface area (Å²) in [6, 6.07) is 23.4. The fourth-order valence-corrected chi connectivity index (χ4v) is 4.15. The van der Waals surface area contributed by atoms with E-state index >= 15 is 0 Å². The zero-order valence-corrected chi connectivity index (χ0v) is 19.1. The number of hydrogen-bond acceptors (Lipinski definition) is 4. The Labute approximate surface area is 203 Å². The van der Waals surface area contributed by atoms with Gasteiger partial charge in [0.15, 0.2) is 0 Å². The van der Waals surface area contributed by atoms with E-state index in [9.17, 15) is 14.4 Å². The zero-order valence-electron chi connectivity index (χ0n) is 19.1. The molecule has 3 N–H and O–H groups in total. The van der Waals surface area contributed by atoms with Gasteiger partial charge in [-0.25, -0.2) is 4.79 Å². The monoisotopic (exact) mass is 470 g/mol. The van der Waals surface area contributed by atoms with E-state index in [-0.39, 0.29) is 24.9 Å². The number of hydrogen-bond donors (Lipinski definition) is 3. The van der Waals surface area contributed by atoms with Gasteiger partial charge in [-0.2, -0.15) is 0 Å². The van der Waals surface area contributed by atoms with E-state index in [2.05, 4.69) is 34.9 Å². The molecule has 0 heterocycles. The quantitative estimate of drug-likeness (QED) is 0.300. The van der Waals surface area contributed by atoms with E-state index in [4.69, 9.17) is 9.84 Å². The molecule has 178 valence electrons. The third-order valence-electron chi connectivity index (χ3n) is 5.77. The number of benzene rings is 3. The maximum absolute atomic E-state index is 12.5. The molecule has 0 bridgehead atoms. The van der Waals surface area contributed by atoms with Crippen LogP contribution in [-0.2, 0) is 14.3 Å². The first-order valence-corrected chi connectivity index (χ1v) is 11.4. The normalized spacial score (nSPS) is 12.1. The number of carbonyl (C=O) groups is 3. The van der Waals surface area contributed by atoms with Crippen LogP contribution >= 0.6 is 0 Å². The molecule has 0 saturated carbocycles. The second-order valence-corrected chi connectivity index (χ2v) is 8.20. The van der Waals surface area contributed by atoms with Crippen molar-refractivity contribution in [3.05, 3.63) is 95.6 Å². The van der Waals surface area contributed by atoms with Crippen LogP contribution in [0, 0.1) is 0 Å². The van der Waals surface area contributed by atoms with Crippen molar-refractivity contribution >= 4 is 29.7 Å². The molecule has 35 heavy (non-hydrogen) atoms. The number of anilines is 1. The van der Waals surface area contributed by atoms with E-state index < -0.39 is 12.1 Å². The standard InChI is InChI=1S/C28H26N2O5/c31-26(29-16-6-13-27(32)33)15-14-19-7-5-8-20(17-19)30-28(34)35-18-25-23-11-3-1-9-21(23)22-10-2-4-12-24(22)25/h1-5,7-12,14-15,17,25H,6,13,16,18H2,(H,29,31)(H,30,34)(H,32,33)/b15-14+. The smallest absolute Gasteiger partial charge is 0.411 e. The van der Waals surface area contributed by atoms with Crippen LogP contribution in [-0.4, -0.2) is 36.2 Å². The molecule has 7 nitrogen and oxygen atoms in total. The van der Waals surface area contributed by atoms with Gasteiger partial charge in [0, 0.05) is 30.6 Å². The molecule has 3 aromatic rings. The van der Waals surface area contributed by atoms with Crippen LogP contribution in [0.1, 0.15) is 35.4 Å². The third-order valence-corrected chi connectivity index (χ3v) is 5.77. The fourth-order valence-electron chi connectivity index (χ4n) is 4.15. The first-order chi connectivity index (χ1) is 17.0. The molecule has 0 saturated heterocycles. The van der Waals surface area contributed by atoms with Crippen LogP contribution in [0.3, 0.4) is 0 Å². The second-order valence-electron chi connectivity index (χ2n) is 8.20. The predicted octanol–water partition coefficient (Wildman–Crippen LogP) is 5.04. The van der Waals surface area contributed by atoms with Gasteiger partial charge in [-0.15, -0.1) is 0 Å². The van der Waals surface area contributed by atoms with Crippen LogP contribution < -0.4 is 10.6 Å². The Morgan fingerprint density at radius 1 is 0.914 bits per heavy atom. The number of nitrogens with one attached hydrogen (secondary N) is 2. The SMILES string of the molecule is O=C(O)CCCNC(=O)/C=C/c1cccc(NC(=O)OCC2c3ccccc3-c3ccccc32)c1. The van der Waals surface area contributed by atoms with E-state index in [1.807, 2.05) is 24.3 Å². The number of carbonyl (C=O) groups excluding carboxylic acids is 2. The number of carboxylic acids is 1. The lowest BCUT2D eigenvalue weighted by atomic mass is 9.98. The number of aliphatic carboxylic acids is 1. The van der Waals surface area contributed by atoms with Gasteiger partial charge in [-0.05, 0) is 52.4 Å². The van der Waals surface area contributed by atoms with Crippen molar-refractivity contribution in [2.75, 3.05) is 18.5 Å². The average Bonchev–Trinajstić information content (AvgIpc) is 3.18. The highest BCUT2D eigenvalue weighted by molar-refractivity contribution is 5.92. The molecule has 3 aromatic carbocycles. The van der Waals surface area contributed by atoms with E-state index in [1.54, 1.807) is 30.3 Å². The summed E-state index contributed by atoms with van der Waals surface area (Å²) in [4.78, 5) is 34.9. The number of rotatable bonds is 9. The van der Waals surface area contributed by atoms with Gasteiger partial charge in [0.2, 0.25) is 5.91 Å². The summed E-state index contributed by atoms with van der Waals surface area (Å²) in [5.74, 6) is -1.22. The molecule has 1 aliphatic rings. The highest BCUT2D eigenvalue weighted by Crippen LogP contribution is 2.44. The lowest BCUT2D eigenvalue weighted by Gasteiger charge is -2.14. The molecule has 4 rings (SSSR count). The minimum atomic E-state index is -0.893. The van der Waals surface area contributed by atoms with Crippen LogP contribution in [0.25, 0.3) is 17.2 Å². The van der Waals surface area contributed by atoms with Crippen molar-refractivity contribution in [2.24, 2.45) is 0 Å². The summed E-state index contributed by atoms with van der Waals surface area (Å²) >= 11 is 0. The maximum atomic E-state index is 12.5. The predicted molar refractivity (Wildman–Crippen MR) is 134 cm³/mol. The summed E-state index contributed by atoms with van der Waals surface area (Å²) < 4.78 is 5.58. The Balaban J connectivity index is 1.31. The first kappa shape index (κ1) is 23.8. The number of fused-ring (bicyclic) bond motifs is 3. The number of amides is 2. The molecular weight excluding hydrogens is 444 g/mol. The van der Waals surface area contributed by atoms with Crippen molar-refractivity contribution in [3.8, 4) is 11.1 Å². The minimum Gasteiger partial charge on any atom is -0.481 e. The van der Waals surface area contributed by atoms with E-state index in [1.165, 1.54) is 17.2 Å². The molecule has 0 radical (unpaired) electrons. The maximum Gasteiger partial charge on any atom is 0.411 e.